The van der Waals surface area contributed by atoms with Crippen molar-refractivity contribution in [3.05, 3.63) is 33.8 Å². The molecule has 1 rings (SSSR count). The normalized spacial score (nSPS) is 10.6. The number of nitrogens with zero attached hydrogens (tertiary/aromatic N) is 1. The van der Waals surface area contributed by atoms with Gasteiger partial charge in [0.2, 0.25) is 0 Å². The van der Waals surface area contributed by atoms with Crippen LogP contribution in [0.1, 0.15) is 30.1 Å². The van der Waals surface area contributed by atoms with E-state index in [-0.39, 0.29) is 16.9 Å². The molecule has 1 aromatic rings. The van der Waals surface area contributed by atoms with Crippen molar-refractivity contribution in [2.45, 2.75) is 19.8 Å². The number of benzene rings is 1. The first-order valence-corrected chi connectivity index (χ1v) is 7.33. The molecule has 0 saturated carbocycles. The number of halogens is 4. The van der Waals surface area contributed by atoms with Crippen LogP contribution in [0, 0.1) is 11.6 Å². The Hall–Kier alpha value is -0.680. The van der Waals surface area contributed by atoms with Crippen LogP contribution in [0.15, 0.2) is 16.6 Å². The van der Waals surface area contributed by atoms with E-state index >= 15 is 0 Å². The SMILES string of the molecule is CCCCN(CCCl)C(=O)c1c(F)cc(Br)cc1F. The first-order chi connectivity index (χ1) is 9.01. The summed E-state index contributed by atoms with van der Waals surface area (Å²) in [5, 5.41) is 0. The van der Waals surface area contributed by atoms with Gasteiger partial charge in [-0.1, -0.05) is 29.3 Å². The Balaban J connectivity index is 3.02. The topological polar surface area (TPSA) is 20.3 Å². The van der Waals surface area contributed by atoms with Crippen LogP contribution in [0.2, 0.25) is 0 Å². The van der Waals surface area contributed by atoms with Gasteiger partial charge in [0, 0.05) is 23.4 Å². The average Bonchev–Trinajstić information content (AvgIpc) is 2.33. The summed E-state index contributed by atoms with van der Waals surface area (Å²) in [7, 11) is 0. The van der Waals surface area contributed by atoms with Gasteiger partial charge in [-0.05, 0) is 18.6 Å². The van der Waals surface area contributed by atoms with Crippen molar-refractivity contribution in [2.24, 2.45) is 0 Å². The summed E-state index contributed by atoms with van der Waals surface area (Å²) < 4.78 is 27.7. The second-order valence-corrected chi connectivity index (χ2v) is 5.37. The number of rotatable bonds is 6. The number of alkyl halides is 1. The molecule has 0 aliphatic carbocycles. The number of carbonyl (C=O) groups excluding carboxylic acids is 1. The summed E-state index contributed by atoms with van der Waals surface area (Å²) in [6.45, 7) is 2.69. The Bertz CT molecular complexity index is 433. The second-order valence-electron chi connectivity index (χ2n) is 4.08. The highest BCUT2D eigenvalue weighted by molar-refractivity contribution is 9.10. The van der Waals surface area contributed by atoms with Crippen molar-refractivity contribution in [1.29, 1.82) is 0 Å². The van der Waals surface area contributed by atoms with Gasteiger partial charge in [0.15, 0.2) is 0 Å². The molecule has 0 atom stereocenters. The summed E-state index contributed by atoms with van der Waals surface area (Å²) >= 11 is 8.60. The van der Waals surface area contributed by atoms with Crippen LogP contribution in [-0.2, 0) is 0 Å². The van der Waals surface area contributed by atoms with E-state index < -0.39 is 23.1 Å². The van der Waals surface area contributed by atoms with Crippen molar-refractivity contribution in [2.75, 3.05) is 19.0 Å². The van der Waals surface area contributed by atoms with Crippen molar-refractivity contribution in [3.8, 4) is 0 Å². The standard InChI is InChI=1S/C13H15BrClF2NO/c1-2-3-5-18(6-4-15)13(19)12-10(16)7-9(14)8-11(12)17/h7-8H,2-6H2,1H3. The molecule has 106 valence electrons. The van der Waals surface area contributed by atoms with Gasteiger partial charge in [0.25, 0.3) is 5.91 Å². The van der Waals surface area contributed by atoms with E-state index in [1.54, 1.807) is 0 Å². The minimum absolute atomic E-state index is 0.231. The van der Waals surface area contributed by atoms with Crippen LogP contribution >= 0.6 is 27.5 Å². The molecule has 0 heterocycles. The molecule has 0 bridgehead atoms. The fourth-order valence-corrected chi connectivity index (χ4v) is 2.28. The Kier molecular flexibility index (Phi) is 6.72. The predicted molar refractivity (Wildman–Crippen MR) is 75.6 cm³/mol. The third kappa shape index (κ3) is 4.42. The number of carbonyl (C=O) groups is 1. The van der Waals surface area contributed by atoms with Crippen molar-refractivity contribution < 1.29 is 13.6 Å². The zero-order valence-corrected chi connectivity index (χ0v) is 12.9. The molecule has 0 N–H and O–H groups in total. The lowest BCUT2D eigenvalue weighted by Gasteiger charge is -2.22. The number of amides is 1. The average molecular weight is 355 g/mol. The minimum Gasteiger partial charge on any atom is -0.337 e. The third-order valence-electron chi connectivity index (χ3n) is 2.64. The van der Waals surface area contributed by atoms with E-state index in [0.29, 0.717) is 6.54 Å². The minimum atomic E-state index is -0.868. The van der Waals surface area contributed by atoms with Crippen LogP contribution in [0.3, 0.4) is 0 Å². The van der Waals surface area contributed by atoms with Crippen LogP contribution in [0.5, 0.6) is 0 Å². The van der Waals surface area contributed by atoms with Gasteiger partial charge in [-0.15, -0.1) is 11.6 Å². The molecule has 19 heavy (non-hydrogen) atoms. The smallest absolute Gasteiger partial charge is 0.259 e. The van der Waals surface area contributed by atoms with Crippen molar-refractivity contribution in [3.63, 3.8) is 0 Å². The summed E-state index contributed by atoms with van der Waals surface area (Å²) in [6.07, 6.45) is 1.65. The Labute approximate surface area is 124 Å². The molecule has 2 nitrogen and oxygen atoms in total. The highest BCUT2D eigenvalue weighted by Crippen LogP contribution is 2.21. The predicted octanol–water partition coefficient (Wildman–Crippen LogP) is 4.21. The van der Waals surface area contributed by atoms with Crippen molar-refractivity contribution >= 4 is 33.4 Å². The van der Waals surface area contributed by atoms with Gasteiger partial charge in [0.1, 0.15) is 17.2 Å². The van der Waals surface area contributed by atoms with E-state index in [0.717, 1.165) is 25.0 Å². The van der Waals surface area contributed by atoms with Crippen molar-refractivity contribution in [1.82, 2.24) is 4.90 Å². The molecule has 0 aromatic heterocycles. The lowest BCUT2D eigenvalue weighted by atomic mass is 10.1. The van der Waals surface area contributed by atoms with E-state index in [1.165, 1.54) is 4.90 Å². The van der Waals surface area contributed by atoms with Gasteiger partial charge < -0.3 is 4.90 Å². The van der Waals surface area contributed by atoms with E-state index in [4.69, 9.17) is 11.6 Å². The van der Waals surface area contributed by atoms with Crippen LogP contribution in [0.25, 0.3) is 0 Å². The molecule has 1 amide bonds. The summed E-state index contributed by atoms with van der Waals surface area (Å²) in [6, 6.07) is 2.16. The highest BCUT2D eigenvalue weighted by Gasteiger charge is 2.23. The first kappa shape index (κ1) is 16.4. The molecule has 0 radical (unpaired) electrons. The lowest BCUT2D eigenvalue weighted by molar-refractivity contribution is 0.0753. The molecule has 0 unspecified atom stereocenters. The molecule has 0 saturated heterocycles. The van der Waals surface area contributed by atoms with Crippen LogP contribution in [-0.4, -0.2) is 29.8 Å². The Morgan fingerprint density at radius 1 is 1.32 bits per heavy atom. The number of hydrogen-bond donors (Lipinski definition) is 0. The number of hydrogen-bond acceptors (Lipinski definition) is 1. The van der Waals surface area contributed by atoms with Crippen LogP contribution in [0.4, 0.5) is 8.78 Å². The molecule has 6 heteroatoms. The maximum atomic E-state index is 13.7. The zero-order chi connectivity index (χ0) is 14.4. The molecule has 0 fully saturated rings. The largest absolute Gasteiger partial charge is 0.337 e. The van der Waals surface area contributed by atoms with E-state index in [2.05, 4.69) is 15.9 Å². The van der Waals surface area contributed by atoms with Crippen LogP contribution < -0.4 is 0 Å². The molecular formula is C13H15BrClF2NO. The molecular weight excluding hydrogens is 340 g/mol. The molecule has 0 aliphatic rings. The quantitative estimate of drug-likeness (QED) is 0.701. The van der Waals surface area contributed by atoms with Gasteiger partial charge >= 0.3 is 0 Å². The fraction of sp³-hybridized carbons (Fsp3) is 0.462. The molecule has 0 spiro atoms. The second kappa shape index (κ2) is 7.80. The van der Waals surface area contributed by atoms with E-state index in [1.807, 2.05) is 6.92 Å². The summed E-state index contributed by atoms with van der Waals surface area (Å²) in [5.74, 6) is -2.16. The fourth-order valence-electron chi connectivity index (χ4n) is 1.67. The third-order valence-corrected chi connectivity index (χ3v) is 3.27. The molecule has 0 aliphatic heterocycles. The monoisotopic (exact) mass is 353 g/mol. The molecule has 1 aromatic carbocycles. The zero-order valence-electron chi connectivity index (χ0n) is 10.6. The maximum absolute atomic E-state index is 13.7. The number of unbranched alkanes of at least 4 members (excludes halogenated alkanes) is 1. The van der Waals surface area contributed by atoms with Gasteiger partial charge in [-0.2, -0.15) is 0 Å². The Morgan fingerprint density at radius 3 is 2.37 bits per heavy atom. The maximum Gasteiger partial charge on any atom is 0.259 e. The van der Waals surface area contributed by atoms with Gasteiger partial charge in [-0.3, -0.25) is 4.79 Å². The Morgan fingerprint density at radius 2 is 1.89 bits per heavy atom. The summed E-state index contributed by atoms with van der Waals surface area (Å²) in [5.41, 5.74) is -0.524. The highest BCUT2D eigenvalue weighted by atomic mass is 79.9. The first-order valence-electron chi connectivity index (χ1n) is 6.01. The lowest BCUT2D eigenvalue weighted by Crippen LogP contribution is -2.34. The summed E-state index contributed by atoms with van der Waals surface area (Å²) in [4.78, 5) is 13.5. The van der Waals surface area contributed by atoms with Gasteiger partial charge in [0.05, 0.1) is 0 Å². The van der Waals surface area contributed by atoms with E-state index in [9.17, 15) is 13.6 Å². The van der Waals surface area contributed by atoms with Gasteiger partial charge in [-0.25, -0.2) is 8.78 Å².